The summed E-state index contributed by atoms with van der Waals surface area (Å²) in [5, 5.41) is 7.90. The second-order valence-electron chi connectivity index (χ2n) is 10.8. The van der Waals surface area contributed by atoms with Crippen LogP contribution >= 0.6 is 18.7 Å². The number of carbonyl (C=O) groups excluding carboxylic acids is 2. The van der Waals surface area contributed by atoms with Crippen LogP contribution in [0.25, 0.3) is 16.6 Å². The Balaban J connectivity index is 1.76. The zero-order valence-corrected chi connectivity index (χ0v) is 28.5. The van der Waals surface area contributed by atoms with Crippen LogP contribution in [-0.2, 0) is 9.59 Å². The van der Waals surface area contributed by atoms with E-state index in [9.17, 15) is 9.59 Å². The van der Waals surface area contributed by atoms with Crippen molar-refractivity contribution in [1.29, 1.82) is 0 Å². The van der Waals surface area contributed by atoms with Crippen LogP contribution in [0.4, 0.5) is 0 Å². The van der Waals surface area contributed by atoms with Gasteiger partial charge in [0.05, 0.1) is 17.0 Å². The van der Waals surface area contributed by atoms with Gasteiger partial charge in [-0.3, -0.25) is 19.5 Å². The van der Waals surface area contributed by atoms with E-state index < -0.39 is 13.2 Å². The normalized spacial score (nSPS) is 15.8. The Morgan fingerprint density at radius 3 is 2.59 bits per heavy atom. The molecule has 3 N–H and O–H groups in total. The van der Waals surface area contributed by atoms with Crippen molar-refractivity contribution in [3.8, 4) is 0 Å². The molecule has 236 valence electrons. The molecule has 1 aliphatic heterocycles. The number of ketones is 1. The van der Waals surface area contributed by atoms with Crippen molar-refractivity contribution in [2.45, 2.75) is 84.7 Å². The van der Waals surface area contributed by atoms with E-state index in [-0.39, 0.29) is 17.7 Å². The Labute approximate surface area is 268 Å². The van der Waals surface area contributed by atoms with E-state index >= 15 is 0 Å². The average Bonchev–Trinajstić information content (AvgIpc) is 3.31. The number of hydrogen-bond acceptors (Lipinski definition) is 7. The number of fused-ring (bicyclic) bond motifs is 1. The lowest BCUT2D eigenvalue weighted by Crippen LogP contribution is -2.48. The lowest BCUT2D eigenvalue weighted by atomic mass is 9.99. The Kier molecular flexibility index (Phi) is 15.6. The van der Waals surface area contributed by atoms with Crippen LogP contribution in [0.5, 0.6) is 0 Å². The molecule has 1 amide bonds. The third-order valence-corrected chi connectivity index (χ3v) is 10.7. The minimum Gasteiger partial charge on any atom is -0.373 e. The Hall–Kier alpha value is -3.06. The number of aliphatic imine (C=N–C) groups is 1. The van der Waals surface area contributed by atoms with Crippen LogP contribution in [0.2, 0.25) is 0 Å². The third-order valence-electron chi connectivity index (χ3n) is 7.25. The van der Waals surface area contributed by atoms with Gasteiger partial charge in [-0.15, -0.1) is 0 Å². The van der Waals surface area contributed by atoms with Gasteiger partial charge < -0.3 is 15.4 Å². The first-order valence-corrected chi connectivity index (χ1v) is 18.9. The number of hydrogen-bond donors (Lipinski definition) is 3. The van der Waals surface area contributed by atoms with Gasteiger partial charge in [-0.2, -0.15) is 0 Å². The molecule has 2 heterocycles. The maximum absolute atomic E-state index is 13.9. The maximum atomic E-state index is 13.9. The highest BCUT2D eigenvalue weighted by atomic mass is 32.7. The minimum atomic E-state index is -0.564. The first kappa shape index (κ1) is 35.4. The van der Waals surface area contributed by atoms with Crippen LogP contribution in [0, 0.1) is 0 Å². The van der Waals surface area contributed by atoms with E-state index in [2.05, 4.69) is 77.1 Å². The van der Waals surface area contributed by atoms with Crippen molar-refractivity contribution in [2.24, 2.45) is 4.99 Å². The van der Waals surface area contributed by atoms with E-state index in [1.807, 2.05) is 48.8 Å². The molecule has 0 radical (unpaired) electrons. The molecule has 3 rings (SSSR count). The molecular weight excluding hydrogens is 585 g/mol. The van der Waals surface area contributed by atoms with E-state index in [0.29, 0.717) is 19.4 Å². The van der Waals surface area contributed by atoms with E-state index in [1.54, 1.807) is 18.5 Å². The van der Waals surface area contributed by atoms with Crippen molar-refractivity contribution >= 4 is 52.4 Å². The summed E-state index contributed by atoms with van der Waals surface area (Å²) in [6.07, 6.45) is 19.2. The summed E-state index contributed by atoms with van der Waals surface area (Å²) in [4.78, 5) is 35.2. The Morgan fingerprint density at radius 2 is 1.84 bits per heavy atom. The fourth-order valence-electron chi connectivity index (χ4n) is 4.96. The highest BCUT2D eigenvalue weighted by Crippen LogP contribution is 2.47. The number of pyridine rings is 1. The maximum Gasteiger partial charge on any atom is 0.242 e. The highest BCUT2D eigenvalue weighted by molar-refractivity contribution is 8.59. The number of aromatic nitrogens is 1. The van der Waals surface area contributed by atoms with Crippen LogP contribution < -0.4 is 15.4 Å². The highest BCUT2D eigenvalue weighted by Gasteiger charge is 2.25. The molecular formula is C35H48N5O2PS. The Bertz CT molecular complexity index is 1400. The minimum absolute atomic E-state index is 0.0659. The summed E-state index contributed by atoms with van der Waals surface area (Å²) < 4.78 is 3.57. The molecule has 0 fully saturated rings. The summed E-state index contributed by atoms with van der Waals surface area (Å²) in [5.74, 6) is -0.0320. The number of rotatable bonds is 18. The fraction of sp³-hybridized carbons (Fsp3) is 0.429. The number of nitrogens with one attached hydrogen (secondary N) is 3. The molecule has 0 saturated heterocycles. The lowest BCUT2D eigenvalue weighted by Gasteiger charge is -2.27. The predicted molar refractivity (Wildman–Crippen MR) is 191 cm³/mol. The van der Waals surface area contributed by atoms with E-state index in [4.69, 9.17) is 0 Å². The zero-order chi connectivity index (χ0) is 31.7. The second kappa shape index (κ2) is 19.4. The summed E-state index contributed by atoms with van der Waals surface area (Å²) in [7, 11) is -0.483. The van der Waals surface area contributed by atoms with Crippen LogP contribution in [0.3, 0.4) is 0 Å². The molecule has 9 heteroatoms. The lowest BCUT2D eigenvalue weighted by molar-refractivity contribution is -0.123. The molecule has 3 unspecified atom stereocenters. The van der Waals surface area contributed by atoms with Gasteiger partial charge in [0.25, 0.3) is 0 Å². The van der Waals surface area contributed by atoms with Crippen LogP contribution in [0.1, 0.15) is 78.2 Å². The first-order chi connectivity index (χ1) is 21.4. The Morgan fingerprint density at radius 1 is 1.05 bits per heavy atom. The standard InChI is InChI=1S/C35H48N5O2PS/c1-6-14-28(25-38-44-43(5)34-19-10-9-13-22-36-34)31(15-7-2)40-35(42)33(21-20-26(4)41)39-32(16-8-3)29-23-27-17-11-12-18-30(27)37-24-29/h9-14,16-18,22-24,31,33,38-39H,6-8,15,19-21,25H2,1-5H3,(H,40,42)/b28-14-,32-16?. The van der Waals surface area contributed by atoms with Gasteiger partial charge in [0.15, 0.2) is 0 Å². The average molecular weight is 634 g/mol. The van der Waals surface area contributed by atoms with Gasteiger partial charge in [-0.1, -0.05) is 69.7 Å². The molecule has 1 aliphatic rings. The van der Waals surface area contributed by atoms with Crippen molar-refractivity contribution in [3.05, 3.63) is 84.2 Å². The predicted octanol–water partition coefficient (Wildman–Crippen LogP) is 8.07. The molecule has 0 bridgehead atoms. The van der Waals surface area contributed by atoms with E-state index in [0.717, 1.165) is 54.3 Å². The van der Waals surface area contributed by atoms with Crippen molar-refractivity contribution in [2.75, 3.05) is 13.2 Å². The van der Waals surface area contributed by atoms with Gasteiger partial charge in [0.1, 0.15) is 11.8 Å². The van der Waals surface area contributed by atoms with Gasteiger partial charge >= 0.3 is 0 Å². The molecule has 1 aromatic heterocycles. The monoisotopic (exact) mass is 633 g/mol. The third kappa shape index (κ3) is 11.5. The summed E-state index contributed by atoms with van der Waals surface area (Å²) in [5.41, 5.74) is 5.07. The number of carbonyl (C=O) groups is 2. The fourth-order valence-corrected chi connectivity index (χ4v) is 7.53. The number of Topliss-reactive ketones (excluding diaryl/α,β-unsaturated/α-hetero) is 1. The molecule has 0 spiro atoms. The molecule has 2 aromatic rings. The molecule has 1 aromatic carbocycles. The smallest absolute Gasteiger partial charge is 0.242 e. The van der Waals surface area contributed by atoms with Crippen molar-refractivity contribution in [1.82, 2.24) is 20.3 Å². The number of allylic oxidation sites excluding steroid dienone is 5. The van der Waals surface area contributed by atoms with Gasteiger partial charge in [-0.25, -0.2) is 0 Å². The summed E-state index contributed by atoms with van der Waals surface area (Å²) >= 11 is 1.73. The van der Waals surface area contributed by atoms with Gasteiger partial charge in [0.2, 0.25) is 5.91 Å². The van der Waals surface area contributed by atoms with Crippen LogP contribution in [-0.4, -0.2) is 47.4 Å². The number of benzene rings is 1. The summed E-state index contributed by atoms with van der Waals surface area (Å²) in [6.45, 7) is 10.8. The molecule has 0 saturated carbocycles. The molecule has 3 atom stereocenters. The SMILES string of the molecule is CCC=C(NC(CCC(C)=O)C(=O)NC(CCC)/C(=C\CC)CNSP(C)C1=NC=CC=CC1)c1cnc2ccccc2c1. The number of nitrogens with zero attached hydrogens (tertiary/aromatic N) is 2. The zero-order valence-electron chi connectivity index (χ0n) is 26.8. The van der Waals surface area contributed by atoms with Gasteiger partial charge in [-0.05, 0) is 74.6 Å². The van der Waals surface area contributed by atoms with E-state index in [1.165, 1.54) is 11.0 Å². The summed E-state index contributed by atoms with van der Waals surface area (Å²) in [6, 6.07) is 9.43. The van der Waals surface area contributed by atoms with Crippen molar-refractivity contribution < 1.29 is 9.59 Å². The largest absolute Gasteiger partial charge is 0.373 e. The van der Waals surface area contributed by atoms with Gasteiger partial charge in [0, 0.05) is 55.6 Å². The number of amides is 1. The second-order valence-corrected chi connectivity index (χ2v) is 15.0. The number of para-hydroxylation sites is 1. The van der Waals surface area contributed by atoms with Crippen molar-refractivity contribution in [3.63, 3.8) is 0 Å². The molecule has 0 aliphatic carbocycles. The molecule has 44 heavy (non-hydrogen) atoms. The molecule has 7 nitrogen and oxygen atoms in total. The first-order valence-electron chi connectivity index (χ1n) is 15.7. The quantitative estimate of drug-likeness (QED) is 0.0873. The topological polar surface area (TPSA) is 95.5 Å². The van der Waals surface area contributed by atoms with Crippen LogP contribution in [0.15, 0.2) is 83.7 Å².